The Bertz CT molecular complexity index is 712. The number of aryl methyl sites for hydroxylation is 1. The van der Waals surface area contributed by atoms with E-state index < -0.39 is 5.41 Å². The Kier molecular flexibility index (Phi) is 2.67. The number of aromatic nitrogens is 2. The zero-order valence-corrected chi connectivity index (χ0v) is 12.4. The van der Waals surface area contributed by atoms with Gasteiger partial charge in [-0.25, -0.2) is 4.98 Å². The first-order chi connectivity index (χ1) is 9.37. The first-order valence-electron chi connectivity index (χ1n) is 6.84. The van der Waals surface area contributed by atoms with Crippen LogP contribution in [0.4, 0.5) is 0 Å². The highest BCUT2D eigenvalue weighted by molar-refractivity contribution is 5.77. The summed E-state index contributed by atoms with van der Waals surface area (Å²) in [5.41, 5.74) is 2.62. The summed E-state index contributed by atoms with van der Waals surface area (Å²) in [5.74, 6) is 1.06. The van der Waals surface area contributed by atoms with Gasteiger partial charge in [-0.05, 0) is 17.7 Å². The molecule has 1 aliphatic heterocycles. The minimum atomic E-state index is -0.472. The predicted molar refractivity (Wildman–Crippen MR) is 77.5 cm³/mol. The lowest BCUT2D eigenvalue weighted by atomic mass is 9.80. The molecule has 1 aromatic heterocycles. The van der Waals surface area contributed by atoms with Crippen LogP contribution in [-0.2, 0) is 22.6 Å². The molecular formula is C16H19N3O. The van der Waals surface area contributed by atoms with E-state index in [9.17, 15) is 5.26 Å². The fourth-order valence-electron chi connectivity index (χ4n) is 2.76. The van der Waals surface area contributed by atoms with Crippen molar-refractivity contribution in [1.29, 1.82) is 5.26 Å². The molecule has 0 saturated carbocycles. The van der Waals surface area contributed by atoms with E-state index in [-0.39, 0.29) is 5.41 Å². The van der Waals surface area contributed by atoms with Gasteiger partial charge in [-0.15, -0.1) is 0 Å². The smallest absolute Gasteiger partial charge is 0.129 e. The molecular weight excluding hydrogens is 250 g/mol. The summed E-state index contributed by atoms with van der Waals surface area (Å²) in [6, 6.07) is 8.50. The molecule has 1 fully saturated rings. The fourth-order valence-corrected chi connectivity index (χ4v) is 2.76. The van der Waals surface area contributed by atoms with Crippen molar-refractivity contribution in [2.45, 2.75) is 31.6 Å². The number of imidazole rings is 1. The highest BCUT2D eigenvalue weighted by Gasteiger charge is 2.41. The lowest BCUT2D eigenvalue weighted by molar-refractivity contribution is -0.0297. The summed E-state index contributed by atoms with van der Waals surface area (Å²) in [7, 11) is 2.04. The van der Waals surface area contributed by atoms with Crippen molar-refractivity contribution in [2.24, 2.45) is 7.05 Å². The summed E-state index contributed by atoms with van der Waals surface area (Å²) in [4.78, 5) is 4.73. The largest absolute Gasteiger partial charge is 0.377 e. The van der Waals surface area contributed by atoms with Crippen LogP contribution in [0.1, 0.15) is 32.2 Å². The van der Waals surface area contributed by atoms with Crippen molar-refractivity contribution in [1.82, 2.24) is 9.55 Å². The van der Waals surface area contributed by atoms with Crippen LogP contribution >= 0.6 is 0 Å². The maximum atomic E-state index is 9.41. The second-order valence-corrected chi connectivity index (χ2v) is 6.63. The van der Waals surface area contributed by atoms with E-state index in [1.165, 1.54) is 0 Å². The SMILES string of the molecule is Cn1c(C(C)(C)C)nc2ccc(C3(C#N)COC3)cc21. The predicted octanol–water partition coefficient (Wildman–Crippen LogP) is 2.66. The molecule has 4 heteroatoms. The third kappa shape index (κ3) is 1.74. The van der Waals surface area contributed by atoms with Crippen molar-refractivity contribution in [2.75, 3.05) is 13.2 Å². The van der Waals surface area contributed by atoms with E-state index in [1.807, 2.05) is 19.2 Å². The maximum Gasteiger partial charge on any atom is 0.129 e. The number of hydrogen-bond acceptors (Lipinski definition) is 3. The number of fused-ring (bicyclic) bond motifs is 1. The van der Waals surface area contributed by atoms with Crippen LogP contribution in [0.15, 0.2) is 18.2 Å². The summed E-state index contributed by atoms with van der Waals surface area (Å²) >= 11 is 0. The average molecular weight is 269 g/mol. The van der Waals surface area contributed by atoms with Crippen molar-refractivity contribution in [3.8, 4) is 6.07 Å². The zero-order chi connectivity index (χ0) is 14.5. The number of nitrogens with zero attached hydrogens (tertiary/aromatic N) is 3. The van der Waals surface area contributed by atoms with Gasteiger partial charge in [0, 0.05) is 12.5 Å². The fraction of sp³-hybridized carbons (Fsp3) is 0.500. The third-order valence-corrected chi connectivity index (χ3v) is 4.02. The van der Waals surface area contributed by atoms with Gasteiger partial charge < -0.3 is 9.30 Å². The molecule has 1 aromatic carbocycles. The monoisotopic (exact) mass is 269 g/mol. The molecule has 104 valence electrons. The van der Waals surface area contributed by atoms with Crippen LogP contribution in [0.3, 0.4) is 0 Å². The second-order valence-electron chi connectivity index (χ2n) is 6.63. The molecule has 0 bridgehead atoms. The molecule has 2 heterocycles. The molecule has 3 rings (SSSR count). The molecule has 2 aromatic rings. The Morgan fingerprint density at radius 2 is 2.05 bits per heavy atom. The highest BCUT2D eigenvalue weighted by Crippen LogP contribution is 2.34. The summed E-state index contributed by atoms with van der Waals surface area (Å²) in [6.07, 6.45) is 0. The van der Waals surface area contributed by atoms with Crippen molar-refractivity contribution in [3.63, 3.8) is 0 Å². The van der Waals surface area contributed by atoms with Crippen LogP contribution in [0.5, 0.6) is 0 Å². The van der Waals surface area contributed by atoms with Gasteiger partial charge in [0.05, 0.1) is 30.3 Å². The standard InChI is InChI=1S/C16H19N3O/c1-15(2,3)14-18-12-6-5-11(7-13(12)19(14)4)16(8-17)9-20-10-16/h5-7H,9-10H2,1-4H3. The Morgan fingerprint density at radius 3 is 2.55 bits per heavy atom. The van der Waals surface area contributed by atoms with Crippen LogP contribution in [0, 0.1) is 11.3 Å². The van der Waals surface area contributed by atoms with Gasteiger partial charge in [-0.3, -0.25) is 0 Å². The van der Waals surface area contributed by atoms with E-state index in [4.69, 9.17) is 9.72 Å². The number of benzene rings is 1. The van der Waals surface area contributed by atoms with E-state index in [2.05, 4.69) is 37.5 Å². The van der Waals surface area contributed by atoms with Gasteiger partial charge in [0.2, 0.25) is 0 Å². The van der Waals surface area contributed by atoms with Crippen LogP contribution in [0.25, 0.3) is 11.0 Å². The van der Waals surface area contributed by atoms with Crippen LogP contribution in [-0.4, -0.2) is 22.8 Å². The van der Waals surface area contributed by atoms with E-state index in [1.54, 1.807) is 0 Å². The molecule has 20 heavy (non-hydrogen) atoms. The zero-order valence-electron chi connectivity index (χ0n) is 12.4. The van der Waals surface area contributed by atoms with Crippen molar-refractivity contribution >= 4 is 11.0 Å². The van der Waals surface area contributed by atoms with Gasteiger partial charge in [-0.2, -0.15) is 5.26 Å². The highest BCUT2D eigenvalue weighted by atomic mass is 16.5. The van der Waals surface area contributed by atoms with E-state index in [0.29, 0.717) is 13.2 Å². The van der Waals surface area contributed by atoms with E-state index in [0.717, 1.165) is 22.4 Å². The number of ether oxygens (including phenoxy) is 1. The molecule has 0 aliphatic carbocycles. The van der Waals surface area contributed by atoms with E-state index >= 15 is 0 Å². The maximum absolute atomic E-state index is 9.41. The van der Waals surface area contributed by atoms with Gasteiger partial charge in [0.1, 0.15) is 11.2 Å². The minimum absolute atomic E-state index is 0.000426. The summed E-state index contributed by atoms with van der Waals surface area (Å²) in [5, 5.41) is 9.41. The molecule has 0 amide bonds. The average Bonchev–Trinajstić information content (AvgIpc) is 2.66. The Hall–Kier alpha value is -1.86. The first kappa shape index (κ1) is 13.1. The molecule has 0 radical (unpaired) electrons. The number of rotatable bonds is 1. The third-order valence-electron chi connectivity index (χ3n) is 4.02. The molecule has 0 unspecified atom stereocenters. The minimum Gasteiger partial charge on any atom is -0.377 e. The molecule has 0 atom stereocenters. The lowest BCUT2D eigenvalue weighted by Crippen LogP contribution is -2.45. The van der Waals surface area contributed by atoms with Crippen LogP contribution in [0.2, 0.25) is 0 Å². The summed E-state index contributed by atoms with van der Waals surface area (Å²) in [6.45, 7) is 7.45. The Balaban J connectivity index is 2.17. The lowest BCUT2D eigenvalue weighted by Gasteiger charge is -2.35. The van der Waals surface area contributed by atoms with Gasteiger partial charge in [-0.1, -0.05) is 26.8 Å². The quantitative estimate of drug-likeness (QED) is 0.799. The molecule has 0 N–H and O–H groups in total. The van der Waals surface area contributed by atoms with Gasteiger partial charge in [0.25, 0.3) is 0 Å². The normalized spacial score (nSPS) is 17.8. The van der Waals surface area contributed by atoms with Gasteiger partial charge >= 0.3 is 0 Å². The first-order valence-corrected chi connectivity index (χ1v) is 6.84. The number of nitriles is 1. The van der Waals surface area contributed by atoms with Gasteiger partial charge in [0.15, 0.2) is 0 Å². The second kappa shape index (κ2) is 4.07. The Labute approximate surface area is 119 Å². The molecule has 4 nitrogen and oxygen atoms in total. The molecule has 1 saturated heterocycles. The van der Waals surface area contributed by atoms with Crippen molar-refractivity contribution in [3.05, 3.63) is 29.6 Å². The molecule has 0 spiro atoms. The topological polar surface area (TPSA) is 50.8 Å². The Morgan fingerprint density at radius 1 is 1.35 bits per heavy atom. The number of hydrogen-bond donors (Lipinski definition) is 0. The van der Waals surface area contributed by atoms with Crippen molar-refractivity contribution < 1.29 is 4.74 Å². The summed E-state index contributed by atoms with van der Waals surface area (Å²) < 4.78 is 7.37. The molecule has 1 aliphatic rings. The van der Waals surface area contributed by atoms with Crippen LogP contribution < -0.4 is 0 Å².